The number of hydrogen-bond acceptors (Lipinski definition) is 4. The van der Waals surface area contributed by atoms with Gasteiger partial charge in [-0.2, -0.15) is 0 Å². The molecule has 122 valence electrons. The van der Waals surface area contributed by atoms with E-state index in [-0.39, 0.29) is 11.1 Å². The summed E-state index contributed by atoms with van der Waals surface area (Å²) in [5, 5.41) is 5.34. The van der Waals surface area contributed by atoms with Crippen molar-refractivity contribution in [2.24, 2.45) is 0 Å². The van der Waals surface area contributed by atoms with Gasteiger partial charge in [0.15, 0.2) is 0 Å². The summed E-state index contributed by atoms with van der Waals surface area (Å²) >= 11 is 0. The van der Waals surface area contributed by atoms with E-state index in [1.165, 1.54) is 0 Å². The maximum atomic E-state index is 11.8. The van der Waals surface area contributed by atoms with Crippen molar-refractivity contribution >= 4 is 22.9 Å². The predicted octanol–water partition coefficient (Wildman–Crippen LogP) is 2.40. The molecule has 0 unspecified atom stereocenters. The third-order valence-electron chi connectivity index (χ3n) is 3.72. The monoisotopic (exact) mass is 324 g/mol. The molecule has 3 aromatic rings. The summed E-state index contributed by atoms with van der Waals surface area (Å²) in [5.74, 6) is 1.39. The van der Waals surface area contributed by atoms with Crippen molar-refractivity contribution in [1.29, 1.82) is 0 Å². The molecule has 0 fully saturated rings. The minimum absolute atomic E-state index is 0.322. The zero-order valence-electron chi connectivity index (χ0n) is 13.3. The topological polar surface area (TPSA) is 84.2 Å². The van der Waals surface area contributed by atoms with Gasteiger partial charge < -0.3 is 9.47 Å². The van der Waals surface area contributed by atoms with E-state index in [0.717, 1.165) is 11.1 Å². The molecule has 0 atom stereocenters. The molecule has 0 saturated carbocycles. The molecule has 6 nitrogen and oxygen atoms in total. The molecule has 6 heteroatoms. The van der Waals surface area contributed by atoms with Crippen LogP contribution in [0.15, 0.2) is 46.0 Å². The van der Waals surface area contributed by atoms with Crippen molar-refractivity contribution < 1.29 is 9.47 Å². The number of aromatic nitrogens is 2. The van der Waals surface area contributed by atoms with Crippen LogP contribution in [0.4, 0.5) is 0 Å². The highest BCUT2D eigenvalue weighted by Crippen LogP contribution is 2.26. The van der Waals surface area contributed by atoms with E-state index in [9.17, 15) is 9.59 Å². The van der Waals surface area contributed by atoms with Gasteiger partial charge in [-0.15, -0.1) is 0 Å². The number of nitrogens with one attached hydrogen (secondary N) is 2. The lowest BCUT2D eigenvalue weighted by Gasteiger charge is -2.07. The van der Waals surface area contributed by atoms with Crippen LogP contribution in [0.25, 0.3) is 22.9 Å². The lowest BCUT2D eigenvalue weighted by atomic mass is 10.1. The molecule has 24 heavy (non-hydrogen) atoms. The summed E-state index contributed by atoms with van der Waals surface area (Å²) in [7, 11) is 3.19. The minimum atomic E-state index is -0.332. The molecular weight excluding hydrogens is 308 g/mol. The zero-order chi connectivity index (χ0) is 17.1. The smallest absolute Gasteiger partial charge is 0.270 e. The molecule has 3 rings (SSSR count). The SMILES string of the molecule is COc1ccc(/C=C/c2ccc3c(=O)[nH][nH]c(=O)c3c2)c(OC)c1. The average Bonchev–Trinajstić information content (AvgIpc) is 2.63. The second-order valence-corrected chi connectivity index (χ2v) is 5.15. The number of ether oxygens (including phenoxy) is 2. The molecular formula is C18H16N2O4. The second-order valence-electron chi connectivity index (χ2n) is 5.15. The van der Waals surface area contributed by atoms with Gasteiger partial charge in [0.25, 0.3) is 11.1 Å². The van der Waals surface area contributed by atoms with Crippen molar-refractivity contribution in [1.82, 2.24) is 10.2 Å². The first-order valence-corrected chi connectivity index (χ1v) is 7.27. The highest BCUT2D eigenvalue weighted by atomic mass is 16.5. The number of rotatable bonds is 4. The fourth-order valence-corrected chi connectivity index (χ4v) is 2.44. The fraction of sp³-hybridized carbons (Fsp3) is 0.111. The van der Waals surface area contributed by atoms with Gasteiger partial charge in [0.05, 0.1) is 25.0 Å². The van der Waals surface area contributed by atoms with Crippen LogP contribution in [0.5, 0.6) is 11.5 Å². The summed E-state index contributed by atoms with van der Waals surface area (Å²) in [6.45, 7) is 0. The van der Waals surface area contributed by atoms with E-state index in [1.807, 2.05) is 24.3 Å². The minimum Gasteiger partial charge on any atom is -0.497 e. The van der Waals surface area contributed by atoms with Crippen LogP contribution in [0.1, 0.15) is 11.1 Å². The van der Waals surface area contributed by atoms with Crippen LogP contribution in [0.2, 0.25) is 0 Å². The first-order valence-electron chi connectivity index (χ1n) is 7.27. The third-order valence-corrected chi connectivity index (χ3v) is 3.72. The van der Waals surface area contributed by atoms with Crippen molar-refractivity contribution in [2.75, 3.05) is 14.2 Å². The van der Waals surface area contributed by atoms with Crippen LogP contribution >= 0.6 is 0 Å². The van der Waals surface area contributed by atoms with Gasteiger partial charge in [-0.1, -0.05) is 18.2 Å². The van der Waals surface area contributed by atoms with Gasteiger partial charge in [0.2, 0.25) is 0 Å². The van der Waals surface area contributed by atoms with Gasteiger partial charge in [0, 0.05) is 11.6 Å². The largest absolute Gasteiger partial charge is 0.497 e. The Labute approximate surface area is 137 Å². The maximum absolute atomic E-state index is 11.8. The normalized spacial score (nSPS) is 11.1. The lowest BCUT2D eigenvalue weighted by Crippen LogP contribution is -2.18. The van der Waals surface area contributed by atoms with E-state index < -0.39 is 0 Å². The van der Waals surface area contributed by atoms with Gasteiger partial charge in [-0.3, -0.25) is 19.8 Å². The van der Waals surface area contributed by atoms with Crippen LogP contribution in [0, 0.1) is 0 Å². The Morgan fingerprint density at radius 3 is 2.29 bits per heavy atom. The molecule has 2 N–H and O–H groups in total. The van der Waals surface area contributed by atoms with E-state index in [1.54, 1.807) is 38.5 Å². The molecule has 0 radical (unpaired) electrons. The quantitative estimate of drug-likeness (QED) is 0.722. The molecule has 0 aliphatic rings. The van der Waals surface area contributed by atoms with E-state index in [0.29, 0.717) is 22.3 Å². The Balaban J connectivity index is 2.01. The van der Waals surface area contributed by atoms with Crippen molar-refractivity contribution in [2.45, 2.75) is 0 Å². The first kappa shape index (κ1) is 15.6. The van der Waals surface area contributed by atoms with Gasteiger partial charge in [-0.05, 0) is 29.8 Å². The number of methoxy groups -OCH3 is 2. The highest BCUT2D eigenvalue weighted by Gasteiger charge is 2.04. The van der Waals surface area contributed by atoms with Crippen molar-refractivity contribution in [3.8, 4) is 11.5 Å². The van der Waals surface area contributed by atoms with Crippen LogP contribution in [-0.2, 0) is 0 Å². The summed E-state index contributed by atoms with van der Waals surface area (Å²) in [6.07, 6.45) is 3.73. The summed E-state index contributed by atoms with van der Waals surface area (Å²) in [5.41, 5.74) is 1.02. The van der Waals surface area contributed by atoms with E-state index >= 15 is 0 Å². The molecule has 0 spiro atoms. The van der Waals surface area contributed by atoms with E-state index in [4.69, 9.17) is 9.47 Å². The van der Waals surface area contributed by atoms with Gasteiger partial charge in [-0.25, -0.2) is 0 Å². The van der Waals surface area contributed by atoms with Crippen molar-refractivity contribution in [3.05, 3.63) is 68.2 Å². The summed E-state index contributed by atoms with van der Waals surface area (Å²) < 4.78 is 10.5. The van der Waals surface area contributed by atoms with E-state index in [2.05, 4.69) is 10.2 Å². The third kappa shape index (κ3) is 2.94. The van der Waals surface area contributed by atoms with Gasteiger partial charge in [0.1, 0.15) is 11.5 Å². The number of benzene rings is 2. The average molecular weight is 324 g/mol. The summed E-state index contributed by atoms with van der Waals surface area (Å²) in [6, 6.07) is 10.6. The molecule has 0 amide bonds. The Morgan fingerprint density at radius 1 is 0.833 bits per heavy atom. The standard InChI is InChI=1S/C18H16N2O4/c1-23-13-7-6-12(16(10-13)24-2)5-3-11-4-8-14-15(9-11)18(22)20-19-17(14)21/h3-10H,1-2H3,(H,19,21)(H,20,22)/b5-3+. The second kappa shape index (κ2) is 6.45. The Kier molecular flexibility index (Phi) is 4.20. The number of aromatic amines is 2. The van der Waals surface area contributed by atoms with Gasteiger partial charge >= 0.3 is 0 Å². The first-order chi connectivity index (χ1) is 11.6. The van der Waals surface area contributed by atoms with Crippen LogP contribution in [-0.4, -0.2) is 24.4 Å². The highest BCUT2D eigenvalue weighted by molar-refractivity contribution is 5.84. The lowest BCUT2D eigenvalue weighted by molar-refractivity contribution is 0.394. The van der Waals surface area contributed by atoms with Crippen LogP contribution < -0.4 is 20.6 Å². The molecule has 1 aromatic heterocycles. The predicted molar refractivity (Wildman–Crippen MR) is 93.7 cm³/mol. The summed E-state index contributed by atoms with van der Waals surface area (Å²) in [4.78, 5) is 23.5. The van der Waals surface area contributed by atoms with Crippen molar-refractivity contribution in [3.63, 3.8) is 0 Å². The Morgan fingerprint density at radius 2 is 1.58 bits per heavy atom. The molecule has 1 heterocycles. The number of H-pyrrole nitrogens is 2. The molecule has 0 aliphatic heterocycles. The molecule has 2 aromatic carbocycles. The fourth-order valence-electron chi connectivity index (χ4n) is 2.44. The molecule has 0 aliphatic carbocycles. The zero-order valence-corrected chi connectivity index (χ0v) is 13.3. The molecule has 0 bridgehead atoms. The number of fused-ring (bicyclic) bond motifs is 1. The molecule has 0 saturated heterocycles. The van der Waals surface area contributed by atoms with Crippen LogP contribution in [0.3, 0.4) is 0 Å². The maximum Gasteiger partial charge on any atom is 0.270 e. The Hall–Kier alpha value is -3.28. The number of hydrogen-bond donors (Lipinski definition) is 2. The Bertz CT molecular complexity index is 1030.